The number of aliphatic hydroxyl groups excluding tert-OH is 1. The van der Waals surface area contributed by atoms with Gasteiger partial charge in [0, 0.05) is 0 Å². The Bertz CT molecular complexity index is 730. The Morgan fingerprint density at radius 1 is 1.38 bits per heavy atom. The van der Waals surface area contributed by atoms with Gasteiger partial charge in [-0.1, -0.05) is 12.1 Å². The van der Waals surface area contributed by atoms with Crippen molar-refractivity contribution in [3.8, 4) is 0 Å². The number of nitrogens with one attached hydrogen (secondary N) is 1. The molecule has 0 aliphatic rings. The first-order valence-corrected chi connectivity index (χ1v) is 6.18. The van der Waals surface area contributed by atoms with Crippen molar-refractivity contribution >= 4 is 23.0 Å². The molecule has 0 unspecified atom stereocenters. The lowest BCUT2D eigenvalue weighted by Crippen LogP contribution is -2.49. The van der Waals surface area contributed by atoms with Gasteiger partial charge in [0.15, 0.2) is 11.6 Å². The second kappa shape index (κ2) is 5.80. The molecule has 0 aliphatic carbocycles. The van der Waals surface area contributed by atoms with E-state index in [1.165, 1.54) is 6.92 Å². The van der Waals surface area contributed by atoms with E-state index in [9.17, 15) is 19.5 Å². The molecule has 3 N–H and O–H groups in total. The maximum Gasteiger partial charge on any atom is 0.420 e. The molecule has 2 rings (SSSR count). The van der Waals surface area contributed by atoms with E-state index in [0.29, 0.717) is 11.1 Å². The number of aromatic nitrogens is 1. The number of carbonyl (C=O) groups is 2. The van der Waals surface area contributed by atoms with E-state index in [0.717, 1.165) is 4.57 Å². The summed E-state index contributed by atoms with van der Waals surface area (Å²) in [6.07, 6.45) is -1.26. The van der Waals surface area contributed by atoms with Crippen LogP contribution in [0.1, 0.15) is 6.92 Å². The van der Waals surface area contributed by atoms with E-state index in [4.69, 9.17) is 9.52 Å². The van der Waals surface area contributed by atoms with Crippen LogP contribution in [0, 0.1) is 0 Å². The molecule has 1 amide bonds. The van der Waals surface area contributed by atoms with Crippen molar-refractivity contribution < 1.29 is 24.2 Å². The number of para-hydroxylation sites is 2. The molecular formula is C13H14N2O6. The first-order chi connectivity index (χ1) is 9.90. The van der Waals surface area contributed by atoms with Crippen LogP contribution in [0.25, 0.3) is 11.1 Å². The molecule has 0 aliphatic heterocycles. The number of rotatable bonds is 5. The summed E-state index contributed by atoms with van der Waals surface area (Å²) in [7, 11) is 0. The molecular weight excluding hydrogens is 280 g/mol. The van der Waals surface area contributed by atoms with Crippen LogP contribution in [0.15, 0.2) is 33.5 Å². The summed E-state index contributed by atoms with van der Waals surface area (Å²) in [6.45, 7) is 0.852. The highest BCUT2D eigenvalue weighted by atomic mass is 16.4. The number of carbonyl (C=O) groups excluding carboxylic acids is 1. The summed E-state index contributed by atoms with van der Waals surface area (Å²) < 4.78 is 6.05. The van der Waals surface area contributed by atoms with E-state index in [1.807, 2.05) is 0 Å². The number of fused-ring (bicyclic) bond motifs is 1. The standard InChI is InChI=1S/C13H14N2O6/c1-7(16)11(12(18)19)14-10(17)6-15-8-4-2-3-5-9(8)21-13(15)20/h2-5,7,11,16H,6H2,1H3,(H,14,17)(H,18,19)/t7-,11+/m1/s1. The number of hydrogen-bond donors (Lipinski definition) is 3. The van der Waals surface area contributed by atoms with E-state index in [2.05, 4.69) is 5.32 Å². The summed E-state index contributed by atoms with van der Waals surface area (Å²) >= 11 is 0. The summed E-state index contributed by atoms with van der Waals surface area (Å²) in [5.74, 6) is -2.78. The highest BCUT2D eigenvalue weighted by Crippen LogP contribution is 2.11. The van der Waals surface area contributed by atoms with E-state index >= 15 is 0 Å². The van der Waals surface area contributed by atoms with Gasteiger partial charge in [0.05, 0.1) is 11.6 Å². The van der Waals surface area contributed by atoms with Crippen molar-refractivity contribution in [2.24, 2.45) is 0 Å². The van der Waals surface area contributed by atoms with Crippen molar-refractivity contribution in [1.29, 1.82) is 0 Å². The van der Waals surface area contributed by atoms with Gasteiger partial charge in [-0.3, -0.25) is 9.36 Å². The largest absolute Gasteiger partial charge is 0.480 e. The average molecular weight is 294 g/mol. The lowest BCUT2D eigenvalue weighted by Gasteiger charge is -2.16. The molecule has 0 saturated carbocycles. The molecule has 0 fully saturated rings. The number of aliphatic carboxylic acids is 1. The molecule has 0 radical (unpaired) electrons. The number of carboxylic acid groups (broad SMARTS) is 1. The third-order valence-electron chi connectivity index (χ3n) is 2.94. The Kier molecular flexibility index (Phi) is 4.08. The Labute approximate surface area is 118 Å². The Morgan fingerprint density at radius 2 is 2.05 bits per heavy atom. The van der Waals surface area contributed by atoms with Gasteiger partial charge in [0.25, 0.3) is 0 Å². The highest BCUT2D eigenvalue weighted by molar-refractivity contribution is 5.85. The monoisotopic (exact) mass is 294 g/mol. The van der Waals surface area contributed by atoms with Crippen molar-refractivity contribution in [2.45, 2.75) is 25.6 Å². The first-order valence-electron chi connectivity index (χ1n) is 6.18. The molecule has 2 atom stereocenters. The van der Waals surface area contributed by atoms with Crippen LogP contribution in [-0.2, 0) is 16.1 Å². The molecule has 0 bridgehead atoms. The van der Waals surface area contributed by atoms with Crippen LogP contribution in [0.3, 0.4) is 0 Å². The number of nitrogens with zero attached hydrogens (tertiary/aromatic N) is 1. The number of aliphatic hydroxyl groups is 1. The molecule has 8 nitrogen and oxygen atoms in total. The summed E-state index contributed by atoms with van der Waals surface area (Å²) in [4.78, 5) is 34.4. The Hall–Kier alpha value is -2.61. The van der Waals surface area contributed by atoms with Gasteiger partial charge in [-0.05, 0) is 19.1 Å². The van der Waals surface area contributed by atoms with Crippen LogP contribution in [0.5, 0.6) is 0 Å². The molecule has 0 saturated heterocycles. The lowest BCUT2D eigenvalue weighted by atomic mass is 10.2. The average Bonchev–Trinajstić information content (AvgIpc) is 2.72. The minimum atomic E-state index is -1.44. The van der Waals surface area contributed by atoms with Gasteiger partial charge in [-0.15, -0.1) is 0 Å². The first kappa shape index (κ1) is 14.8. The summed E-state index contributed by atoms with van der Waals surface area (Å²) in [6, 6.07) is 5.12. The maximum absolute atomic E-state index is 11.8. The van der Waals surface area contributed by atoms with E-state index < -0.39 is 36.3 Å². The third-order valence-corrected chi connectivity index (χ3v) is 2.94. The van der Waals surface area contributed by atoms with Crippen LogP contribution >= 0.6 is 0 Å². The molecule has 112 valence electrons. The Balaban J connectivity index is 2.20. The molecule has 1 aromatic heterocycles. The zero-order chi connectivity index (χ0) is 15.6. The summed E-state index contributed by atoms with van der Waals surface area (Å²) in [5.41, 5.74) is 0.766. The van der Waals surface area contributed by atoms with Crippen LogP contribution < -0.4 is 11.1 Å². The number of hydrogen-bond acceptors (Lipinski definition) is 5. The molecule has 0 spiro atoms. The number of benzene rings is 1. The molecule has 8 heteroatoms. The SMILES string of the molecule is C[C@@H](O)[C@H](NC(=O)Cn1c(=O)oc2ccccc21)C(=O)O. The van der Waals surface area contributed by atoms with Gasteiger partial charge >= 0.3 is 11.7 Å². The minimum absolute atomic E-state index is 0.334. The maximum atomic E-state index is 11.8. The fourth-order valence-electron chi connectivity index (χ4n) is 1.92. The molecule has 1 aromatic carbocycles. The fourth-order valence-corrected chi connectivity index (χ4v) is 1.92. The second-order valence-corrected chi connectivity index (χ2v) is 4.55. The highest BCUT2D eigenvalue weighted by Gasteiger charge is 2.25. The number of carboxylic acids is 1. The number of amides is 1. The summed E-state index contributed by atoms with van der Waals surface area (Å²) in [5, 5.41) is 20.3. The van der Waals surface area contributed by atoms with Gasteiger partial charge in [0.2, 0.25) is 5.91 Å². The fraction of sp³-hybridized carbons (Fsp3) is 0.308. The predicted octanol–water partition coefficient (Wildman–Crippen LogP) is -0.455. The van der Waals surface area contributed by atoms with Crippen LogP contribution in [-0.4, -0.2) is 38.8 Å². The van der Waals surface area contributed by atoms with Crippen molar-refractivity contribution in [1.82, 2.24) is 9.88 Å². The zero-order valence-electron chi connectivity index (χ0n) is 11.1. The Morgan fingerprint density at radius 3 is 2.67 bits per heavy atom. The number of oxazole rings is 1. The van der Waals surface area contributed by atoms with Crippen molar-refractivity contribution in [3.63, 3.8) is 0 Å². The van der Waals surface area contributed by atoms with E-state index in [-0.39, 0.29) is 0 Å². The van der Waals surface area contributed by atoms with Gasteiger partial charge in [0.1, 0.15) is 6.54 Å². The van der Waals surface area contributed by atoms with Gasteiger partial charge in [-0.25, -0.2) is 9.59 Å². The molecule has 21 heavy (non-hydrogen) atoms. The van der Waals surface area contributed by atoms with E-state index in [1.54, 1.807) is 24.3 Å². The van der Waals surface area contributed by atoms with Crippen LogP contribution in [0.4, 0.5) is 0 Å². The zero-order valence-corrected chi connectivity index (χ0v) is 11.1. The second-order valence-electron chi connectivity index (χ2n) is 4.55. The predicted molar refractivity (Wildman–Crippen MR) is 71.7 cm³/mol. The minimum Gasteiger partial charge on any atom is -0.480 e. The molecule has 1 heterocycles. The topological polar surface area (TPSA) is 122 Å². The third kappa shape index (κ3) is 3.11. The molecule has 2 aromatic rings. The van der Waals surface area contributed by atoms with Crippen LogP contribution in [0.2, 0.25) is 0 Å². The lowest BCUT2D eigenvalue weighted by molar-refractivity contribution is -0.144. The quantitative estimate of drug-likeness (QED) is 0.686. The van der Waals surface area contributed by atoms with Gasteiger partial charge < -0.3 is 19.9 Å². The van der Waals surface area contributed by atoms with Gasteiger partial charge in [-0.2, -0.15) is 0 Å². The smallest absolute Gasteiger partial charge is 0.420 e. The van der Waals surface area contributed by atoms with Crippen molar-refractivity contribution in [2.75, 3.05) is 0 Å². The van der Waals surface area contributed by atoms with Crippen molar-refractivity contribution in [3.05, 3.63) is 34.8 Å². The normalized spacial score (nSPS) is 13.8.